The third kappa shape index (κ3) is 0.897. The topological polar surface area (TPSA) is 35.9 Å². The molecular weight excluding hydrogens is 155 g/mol. The van der Waals surface area contributed by atoms with Gasteiger partial charge >= 0.3 is 0 Å². The lowest BCUT2D eigenvalue weighted by atomic mass is 10.1. The zero-order valence-electron chi connectivity index (χ0n) is 6.74. The minimum atomic E-state index is -0.292. The maximum absolute atomic E-state index is 13.2. The van der Waals surface area contributed by atoms with E-state index in [-0.39, 0.29) is 11.7 Å². The number of nitrogens with one attached hydrogen (secondary N) is 2. The lowest BCUT2D eigenvalue weighted by Crippen LogP contribution is -2.13. The van der Waals surface area contributed by atoms with Crippen molar-refractivity contribution in [2.75, 3.05) is 0 Å². The highest BCUT2D eigenvalue weighted by molar-refractivity contribution is 6.00. The summed E-state index contributed by atoms with van der Waals surface area (Å²) in [5, 5.41) is 10.2. The Morgan fingerprint density at radius 2 is 2.25 bits per heavy atom. The molecule has 0 amide bonds. The van der Waals surface area contributed by atoms with Crippen LogP contribution in [0.1, 0.15) is 16.7 Å². The molecule has 0 aliphatic carbocycles. The van der Waals surface area contributed by atoms with Crippen LogP contribution >= 0.6 is 0 Å². The van der Waals surface area contributed by atoms with Crippen molar-refractivity contribution in [1.82, 2.24) is 5.32 Å². The van der Waals surface area contributed by atoms with Gasteiger partial charge in [0.05, 0.1) is 5.56 Å². The monoisotopic (exact) mass is 164 g/mol. The average Bonchev–Trinajstić information content (AvgIpc) is 2.31. The lowest BCUT2D eigenvalue weighted by Gasteiger charge is -2.00. The van der Waals surface area contributed by atoms with Crippen LogP contribution < -0.4 is 5.32 Å². The molecule has 1 aromatic carbocycles. The second-order valence-corrected chi connectivity index (χ2v) is 3.01. The van der Waals surface area contributed by atoms with E-state index in [0.717, 1.165) is 11.1 Å². The summed E-state index contributed by atoms with van der Waals surface area (Å²) >= 11 is 0. The van der Waals surface area contributed by atoms with Gasteiger partial charge in [0.2, 0.25) is 0 Å². The molecule has 12 heavy (non-hydrogen) atoms. The molecule has 62 valence electrons. The van der Waals surface area contributed by atoms with E-state index in [1.165, 1.54) is 6.07 Å². The van der Waals surface area contributed by atoms with Gasteiger partial charge in [-0.3, -0.25) is 5.41 Å². The molecule has 1 aliphatic heterocycles. The molecule has 0 fully saturated rings. The van der Waals surface area contributed by atoms with E-state index in [4.69, 9.17) is 5.41 Å². The van der Waals surface area contributed by atoms with Crippen LogP contribution in [0.15, 0.2) is 12.1 Å². The zero-order chi connectivity index (χ0) is 8.72. The predicted molar refractivity (Wildman–Crippen MR) is 44.8 cm³/mol. The summed E-state index contributed by atoms with van der Waals surface area (Å²) in [6, 6.07) is 3.37. The molecule has 1 aliphatic rings. The fraction of sp³-hybridized carbons (Fsp3) is 0.222. The third-order valence-corrected chi connectivity index (χ3v) is 2.02. The van der Waals surface area contributed by atoms with E-state index in [9.17, 15) is 4.39 Å². The van der Waals surface area contributed by atoms with Crippen molar-refractivity contribution >= 4 is 5.84 Å². The molecule has 1 heterocycles. The van der Waals surface area contributed by atoms with E-state index < -0.39 is 0 Å². The summed E-state index contributed by atoms with van der Waals surface area (Å²) in [6.45, 7) is 2.43. The van der Waals surface area contributed by atoms with Gasteiger partial charge in [0.25, 0.3) is 0 Å². The van der Waals surface area contributed by atoms with Crippen LogP contribution in [-0.4, -0.2) is 5.84 Å². The van der Waals surface area contributed by atoms with Crippen LogP contribution in [-0.2, 0) is 6.54 Å². The van der Waals surface area contributed by atoms with Gasteiger partial charge in [-0.15, -0.1) is 0 Å². The normalized spacial score (nSPS) is 14.3. The van der Waals surface area contributed by atoms with Gasteiger partial charge in [0.1, 0.15) is 11.7 Å². The number of hydrogen-bond donors (Lipinski definition) is 2. The van der Waals surface area contributed by atoms with E-state index in [2.05, 4.69) is 5.32 Å². The van der Waals surface area contributed by atoms with Crippen LogP contribution in [0, 0.1) is 18.2 Å². The number of hydrogen-bond acceptors (Lipinski definition) is 1. The quantitative estimate of drug-likeness (QED) is 0.599. The molecule has 2 nitrogen and oxygen atoms in total. The highest BCUT2D eigenvalue weighted by Gasteiger charge is 2.19. The molecule has 0 atom stereocenters. The van der Waals surface area contributed by atoms with Crippen molar-refractivity contribution in [1.29, 1.82) is 5.41 Å². The van der Waals surface area contributed by atoms with E-state index in [1.54, 1.807) is 0 Å². The largest absolute Gasteiger partial charge is 0.366 e. The van der Waals surface area contributed by atoms with Gasteiger partial charge in [-0.1, -0.05) is 6.07 Å². The van der Waals surface area contributed by atoms with Crippen molar-refractivity contribution in [3.05, 3.63) is 34.6 Å². The third-order valence-electron chi connectivity index (χ3n) is 2.02. The molecule has 0 radical (unpaired) electrons. The fourth-order valence-electron chi connectivity index (χ4n) is 1.51. The summed E-state index contributed by atoms with van der Waals surface area (Å²) in [7, 11) is 0. The Labute approximate surface area is 69.9 Å². The molecule has 0 spiro atoms. The highest BCUT2D eigenvalue weighted by Crippen LogP contribution is 2.20. The van der Waals surface area contributed by atoms with Gasteiger partial charge in [-0.2, -0.15) is 0 Å². The number of halogens is 1. The van der Waals surface area contributed by atoms with Crippen LogP contribution in [0.2, 0.25) is 0 Å². The Kier molecular flexibility index (Phi) is 1.40. The van der Waals surface area contributed by atoms with Gasteiger partial charge in [0.15, 0.2) is 0 Å². The Balaban J connectivity index is 2.68. The minimum Gasteiger partial charge on any atom is -0.366 e. The molecular formula is C9H9FN2. The molecule has 2 rings (SSSR count). The number of rotatable bonds is 0. The van der Waals surface area contributed by atoms with Crippen LogP contribution in [0.4, 0.5) is 4.39 Å². The molecule has 0 saturated carbocycles. The first-order valence-corrected chi connectivity index (χ1v) is 3.80. The Hall–Kier alpha value is -1.38. The number of fused-ring (bicyclic) bond motifs is 1. The summed E-state index contributed by atoms with van der Waals surface area (Å²) in [4.78, 5) is 0. The number of amidine groups is 1. The van der Waals surface area contributed by atoms with Crippen LogP contribution in [0.25, 0.3) is 0 Å². The zero-order valence-corrected chi connectivity index (χ0v) is 6.74. The molecule has 0 unspecified atom stereocenters. The number of aryl methyl sites for hydroxylation is 1. The molecule has 0 saturated heterocycles. The van der Waals surface area contributed by atoms with Crippen molar-refractivity contribution in [2.24, 2.45) is 0 Å². The standard InChI is InChI=1S/C9H9FN2/c1-5-2-6-4-12-9(11)8(6)7(10)3-5/h2-3H,4H2,1H3,(H2,11,12). The van der Waals surface area contributed by atoms with Crippen molar-refractivity contribution in [2.45, 2.75) is 13.5 Å². The highest BCUT2D eigenvalue weighted by atomic mass is 19.1. The molecule has 3 heteroatoms. The Bertz CT molecular complexity index is 358. The first-order chi connectivity index (χ1) is 5.68. The molecule has 2 N–H and O–H groups in total. The lowest BCUT2D eigenvalue weighted by molar-refractivity contribution is 0.623. The Morgan fingerprint density at radius 3 is 3.00 bits per heavy atom. The summed E-state index contributed by atoms with van der Waals surface area (Å²) < 4.78 is 13.2. The van der Waals surface area contributed by atoms with Crippen molar-refractivity contribution < 1.29 is 4.39 Å². The summed E-state index contributed by atoms with van der Waals surface area (Å²) in [5.41, 5.74) is 2.22. The second-order valence-electron chi connectivity index (χ2n) is 3.01. The predicted octanol–water partition coefficient (Wildman–Crippen LogP) is 1.56. The first-order valence-electron chi connectivity index (χ1n) is 3.80. The average molecular weight is 164 g/mol. The summed E-state index contributed by atoms with van der Waals surface area (Å²) in [6.07, 6.45) is 0. The molecule has 1 aromatic rings. The smallest absolute Gasteiger partial charge is 0.134 e. The minimum absolute atomic E-state index is 0.197. The first kappa shape index (κ1) is 7.28. The Morgan fingerprint density at radius 1 is 1.50 bits per heavy atom. The van der Waals surface area contributed by atoms with Gasteiger partial charge in [-0.05, 0) is 24.1 Å². The maximum Gasteiger partial charge on any atom is 0.134 e. The van der Waals surface area contributed by atoms with E-state index >= 15 is 0 Å². The fourth-order valence-corrected chi connectivity index (χ4v) is 1.51. The van der Waals surface area contributed by atoms with Crippen LogP contribution in [0.3, 0.4) is 0 Å². The summed E-state index contributed by atoms with van der Waals surface area (Å²) in [5.74, 6) is -0.0949. The van der Waals surface area contributed by atoms with E-state index in [0.29, 0.717) is 12.1 Å². The maximum atomic E-state index is 13.2. The molecule has 0 bridgehead atoms. The van der Waals surface area contributed by atoms with Crippen LogP contribution in [0.5, 0.6) is 0 Å². The SMILES string of the molecule is Cc1cc(F)c2c(c1)CNC2=N. The van der Waals surface area contributed by atoms with Crippen molar-refractivity contribution in [3.63, 3.8) is 0 Å². The van der Waals surface area contributed by atoms with Gasteiger partial charge < -0.3 is 5.32 Å². The second kappa shape index (κ2) is 2.30. The van der Waals surface area contributed by atoms with Gasteiger partial charge in [-0.25, -0.2) is 4.39 Å². The molecule has 0 aromatic heterocycles. The van der Waals surface area contributed by atoms with Crippen molar-refractivity contribution in [3.8, 4) is 0 Å². The van der Waals surface area contributed by atoms with E-state index in [1.807, 2.05) is 13.0 Å². The number of benzene rings is 1. The van der Waals surface area contributed by atoms with Gasteiger partial charge in [0, 0.05) is 6.54 Å².